The molecule has 65 heavy (non-hydrogen) atoms. The van der Waals surface area contributed by atoms with Crippen LogP contribution in [0, 0.1) is 31.6 Å². The summed E-state index contributed by atoms with van der Waals surface area (Å²) in [6.45, 7) is 9.96. The number of aromatic nitrogens is 1. The summed E-state index contributed by atoms with van der Waals surface area (Å²) in [7, 11) is 0. The highest BCUT2D eigenvalue weighted by atomic mass is 35.5. The van der Waals surface area contributed by atoms with Crippen LogP contribution in [0.1, 0.15) is 52.5 Å². The summed E-state index contributed by atoms with van der Waals surface area (Å²) in [5.41, 5.74) is 8.55. The summed E-state index contributed by atoms with van der Waals surface area (Å²) < 4.78 is 22.5. The van der Waals surface area contributed by atoms with E-state index in [0.717, 1.165) is 54.5 Å². The Kier molecular flexibility index (Phi) is 15.5. The minimum Gasteiger partial charge on any atom is -0.491 e. The van der Waals surface area contributed by atoms with Crippen molar-refractivity contribution in [3.05, 3.63) is 117 Å². The Morgan fingerprint density at radius 3 is 2.25 bits per heavy atom. The first kappa shape index (κ1) is 46.7. The molecule has 3 amide bonds. The number of amides is 3. The zero-order valence-electron chi connectivity index (χ0n) is 36.6. The van der Waals surface area contributed by atoms with Gasteiger partial charge in [-0.3, -0.25) is 35.1 Å². The molecule has 338 valence electrons. The lowest BCUT2D eigenvalue weighted by atomic mass is 9.99. The summed E-state index contributed by atoms with van der Waals surface area (Å²) in [6, 6.07) is 21.2. The Bertz CT molecular complexity index is 2620. The molecule has 0 saturated heterocycles. The molecule has 15 nitrogen and oxygen atoms in total. The SMILES string of the molecule is CC(=N)N1C(=N)[C@H](CC(=O)Nc2ccc(OCCOCCOCCOCCC(=O)Nc3cc(C)c(-c4ccc5c(c4)CC(=O)N5)cn3)cc2)N=C(c2ccc(Cl)cc2)c2c1sc(C)c2C. The number of benzene rings is 3. The van der Waals surface area contributed by atoms with Crippen molar-refractivity contribution in [3.8, 4) is 16.9 Å². The van der Waals surface area contributed by atoms with Gasteiger partial charge in [-0.1, -0.05) is 29.8 Å². The van der Waals surface area contributed by atoms with E-state index in [1.54, 1.807) is 54.4 Å². The van der Waals surface area contributed by atoms with Crippen molar-refractivity contribution < 1.29 is 33.3 Å². The van der Waals surface area contributed by atoms with E-state index < -0.39 is 6.04 Å². The monoisotopic (exact) mass is 918 g/mol. The van der Waals surface area contributed by atoms with Crippen molar-refractivity contribution >= 4 is 80.2 Å². The quantitative estimate of drug-likeness (QED) is 0.0307. The van der Waals surface area contributed by atoms with Gasteiger partial charge in [-0.15, -0.1) is 11.3 Å². The Labute approximate surface area is 386 Å². The van der Waals surface area contributed by atoms with Crippen LogP contribution in [0.15, 0.2) is 84.0 Å². The van der Waals surface area contributed by atoms with Gasteiger partial charge in [-0.05, 0) is 105 Å². The highest BCUT2D eigenvalue weighted by Gasteiger charge is 2.35. The molecule has 0 bridgehead atoms. The van der Waals surface area contributed by atoms with Crippen LogP contribution >= 0.6 is 22.9 Å². The molecule has 0 aliphatic carbocycles. The van der Waals surface area contributed by atoms with Crippen molar-refractivity contribution in [1.29, 1.82) is 10.8 Å². The summed E-state index contributed by atoms with van der Waals surface area (Å²) >= 11 is 7.71. The first-order valence-electron chi connectivity index (χ1n) is 21.2. The second-order valence-electron chi connectivity index (χ2n) is 15.5. The Morgan fingerprint density at radius 1 is 0.877 bits per heavy atom. The number of aryl methyl sites for hydroxylation is 2. The first-order chi connectivity index (χ1) is 31.3. The van der Waals surface area contributed by atoms with Crippen molar-refractivity contribution in [2.45, 2.75) is 53.0 Å². The van der Waals surface area contributed by atoms with Gasteiger partial charge in [0.1, 0.15) is 40.9 Å². The van der Waals surface area contributed by atoms with E-state index in [4.69, 9.17) is 46.4 Å². The lowest BCUT2D eigenvalue weighted by molar-refractivity contribution is -0.117. The number of hydrogen-bond donors (Lipinski definition) is 5. The second kappa shape index (κ2) is 21.6. The van der Waals surface area contributed by atoms with Gasteiger partial charge in [-0.25, -0.2) is 4.98 Å². The predicted octanol–water partition coefficient (Wildman–Crippen LogP) is 8.37. The van der Waals surface area contributed by atoms with Gasteiger partial charge in [0, 0.05) is 44.2 Å². The topological polar surface area (TPSA) is 200 Å². The van der Waals surface area contributed by atoms with Crippen molar-refractivity contribution in [2.75, 3.05) is 67.1 Å². The van der Waals surface area contributed by atoms with Crippen LogP contribution in [0.2, 0.25) is 5.02 Å². The van der Waals surface area contributed by atoms with E-state index in [2.05, 4.69) is 20.9 Å². The van der Waals surface area contributed by atoms with Crippen LogP contribution in [-0.4, -0.2) is 92.4 Å². The van der Waals surface area contributed by atoms with Gasteiger partial charge in [0.05, 0.1) is 64.6 Å². The fourth-order valence-corrected chi connectivity index (χ4v) is 8.71. The number of nitrogens with zero attached hydrogens (tertiary/aromatic N) is 3. The molecule has 2 aliphatic heterocycles. The maximum Gasteiger partial charge on any atom is 0.228 e. The lowest BCUT2D eigenvalue weighted by Crippen LogP contribution is -2.41. The minimum absolute atomic E-state index is 0.00983. The highest BCUT2D eigenvalue weighted by molar-refractivity contribution is 7.17. The van der Waals surface area contributed by atoms with Crippen LogP contribution in [0.4, 0.5) is 22.2 Å². The third-order valence-corrected chi connectivity index (χ3v) is 12.2. The van der Waals surface area contributed by atoms with Crippen LogP contribution in [0.5, 0.6) is 5.75 Å². The van der Waals surface area contributed by atoms with E-state index in [0.29, 0.717) is 74.1 Å². The molecule has 1 atom stereocenters. The number of hydrogen-bond acceptors (Lipinski definition) is 12. The van der Waals surface area contributed by atoms with E-state index in [1.807, 2.05) is 57.2 Å². The number of anilines is 4. The molecule has 7 rings (SSSR count). The average Bonchev–Trinajstić information content (AvgIpc) is 3.75. The van der Waals surface area contributed by atoms with E-state index >= 15 is 0 Å². The molecule has 4 heterocycles. The number of rotatable bonds is 19. The largest absolute Gasteiger partial charge is 0.491 e. The van der Waals surface area contributed by atoms with Gasteiger partial charge in [0.2, 0.25) is 17.7 Å². The summed E-state index contributed by atoms with van der Waals surface area (Å²) in [5, 5.41) is 27.6. The van der Waals surface area contributed by atoms with Gasteiger partial charge in [0.15, 0.2) is 0 Å². The molecule has 0 saturated carbocycles. The van der Waals surface area contributed by atoms with Gasteiger partial charge < -0.3 is 34.9 Å². The lowest BCUT2D eigenvalue weighted by Gasteiger charge is -2.24. The summed E-state index contributed by atoms with van der Waals surface area (Å²) in [5.74, 6) is 0.761. The average molecular weight is 920 g/mol. The molecule has 0 spiro atoms. The molecule has 0 fully saturated rings. The van der Waals surface area contributed by atoms with Gasteiger partial charge in [-0.2, -0.15) is 0 Å². The molecule has 5 N–H and O–H groups in total. The number of amidine groups is 2. The summed E-state index contributed by atoms with van der Waals surface area (Å²) in [4.78, 5) is 49.7. The van der Waals surface area contributed by atoms with Crippen molar-refractivity contribution in [3.63, 3.8) is 0 Å². The number of ether oxygens (including phenoxy) is 4. The standard InChI is InChI=1S/C48H51ClN8O7S/c1-28-23-41(52-27-38(28)33-7-14-39-34(24-33)25-43(59)54-39)56-42(58)15-16-61-17-18-62-19-20-63-21-22-64-37-12-10-36(11-13-37)53-44(60)26-40-47(51)57(31(4)50)48-45(29(2)30(3)65-48)46(55-40)32-5-8-35(49)9-6-32/h5-14,23-24,27,40,50-51H,15-22,25-26H2,1-4H3,(H,53,60)(H,54,59)(H,52,56,58)/t40-/m0/s1. The summed E-state index contributed by atoms with van der Waals surface area (Å²) in [6.07, 6.45) is 2.16. The van der Waals surface area contributed by atoms with E-state index in [9.17, 15) is 14.4 Å². The third-order valence-electron chi connectivity index (χ3n) is 10.8. The smallest absolute Gasteiger partial charge is 0.228 e. The van der Waals surface area contributed by atoms with Gasteiger partial charge >= 0.3 is 0 Å². The van der Waals surface area contributed by atoms with Crippen LogP contribution in [0.3, 0.4) is 0 Å². The molecule has 0 unspecified atom stereocenters. The molecule has 2 aromatic heterocycles. The van der Waals surface area contributed by atoms with Crippen molar-refractivity contribution in [1.82, 2.24) is 4.98 Å². The first-order valence-corrected chi connectivity index (χ1v) is 22.4. The highest BCUT2D eigenvalue weighted by Crippen LogP contribution is 2.40. The molecule has 17 heteroatoms. The Balaban J connectivity index is 0.763. The number of halogens is 1. The molecular weight excluding hydrogens is 868 g/mol. The number of nitrogens with one attached hydrogen (secondary N) is 5. The maximum absolute atomic E-state index is 13.4. The van der Waals surface area contributed by atoms with Gasteiger partial charge in [0.25, 0.3) is 0 Å². The number of fused-ring (bicyclic) bond motifs is 2. The number of carbonyl (C=O) groups is 3. The van der Waals surface area contributed by atoms with Crippen molar-refractivity contribution in [2.24, 2.45) is 4.99 Å². The molecular formula is C48H51ClN8O7S. The molecule has 2 aliphatic rings. The van der Waals surface area contributed by atoms with E-state index in [-0.39, 0.29) is 48.8 Å². The second-order valence-corrected chi connectivity index (χ2v) is 17.2. The number of pyridine rings is 1. The van der Waals surface area contributed by atoms with Crippen LogP contribution in [0.25, 0.3) is 11.1 Å². The Morgan fingerprint density at radius 2 is 1.55 bits per heavy atom. The molecule has 3 aromatic carbocycles. The molecule has 5 aromatic rings. The minimum atomic E-state index is -0.844. The fraction of sp³-hybridized carbons (Fsp3) is 0.312. The normalized spacial score (nSPS) is 14.3. The molecule has 0 radical (unpaired) electrons. The number of carbonyl (C=O) groups excluding carboxylic acids is 3. The fourth-order valence-electron chi connectivity index (χ4n) is 7.36. The zero-order chi connectivity index (χ0) is 46.0. The number of aliphatic imine (C=N–C) groups is 1. The van der Waals surface area contributed by atoms with Crippen LogP contribution < -0.4 is 25.6 Å². The van der Waals surface area contributed by atoms with Crippen LogP contribution in [-0.2, 0) is 35.0 Å². The van der Waals surface area contributed by atoms with E-state index in [1.165, 1.54) is 11.3 Å². The Hall–Kier alpha value is -6.30. The maximum atomic E-state index is 13.4. The zero-order valence-corrected chi connectivity index (χ0v) is 38.2. The number of thiophene rings is 1. The third kappa shape index (κ3) is 11.9. The predicted molar refractivity (Wildman–Crippen MR) is 256 cm³/mol.